The molecule has 0 spiro atoms. The Labute approximate surface area is 111 Å². The fraction of sp³-hybridized carbons (Fsp3) is 1.00. The number of β-amino-alcohol motifs (C(OH)–C–C–N with tert-alkyl or cyclic N) is 1. The van der Waals surface area contributed by atoms with E-state index in [1.807, 2.05) is 6.92 Å². The van der Waals surface area contributed by atoms with Gasteiger partial charge >= 0.3 is 0 Å². The molecule has 0 saturated carbocycles. The number of nitrogens with zero attached hydrogens (tertiary/aromatic N) is 1. The Morgan fingerprint density at radius 2 is 2.11 bits per heavy atom. The normalized spacial score (nSPS) is 28.7. The molecule has 0 aromatic rings. The highest BCUT2D eigenvalue weighted by atomic mass is 16.5. The molecular weight excluding hydrogens is 228 g/mol. The fourth-order valence-corrected chi connectivity index (χ4v) is 3.26. The molecule has 2 aliphatic rings. The van der Waals surface area contributed by atoms with Crippen molar-refractivity contribution in [3.8, 4) is 0 Å². The summed E-state index contributed by atoms with van der Waals surface area (Å²) < 4.78 is 5.25. The van der Waals surface area contributed by atoms with E-state index in [0.717, 1.165) is 31.6 Å². The summed E-state index contributed by atoms with van der Waals surface area (Å²) in [6, 6.07) is 0.764. The van der Waals surface area contributed by atoms with Crippen LogP contribution in [0.3, 0.4) is 0 Å². The molecule has 0 amide bonds. The maximum atomic E-state index is 9.83. The Kier molecular flexibility index (Phi) is 5.89. The van der Waals surface area contributed by atoms with E-state index in [1.165, 1.54) is 32.2 Å². The summed E-state index contributed by atoms with van der Waals surface area (Å²) in [6.45, 7) is 7.36. The average Bonchev–Trinajstić information content (AvgIpc) is 2.91. The first-order chi connectivity index (χ1) is 8.79. The van der Waals surface area contributed by atoms with Gasteiger partial charge in [0.05, 0.1) is 12.7 Å². The van der Waals surface area contributed by atoms with Crippen molar-refractivity contribution < 1.29 is 9.84 Å². The molecule has 0 aromatic heterocycles. The summed E-state index contributed by atoms with van der Waals surface area (Å²) in [7, 11) is 0. The number of hydrogen-bond acceptors (Lipinski definition) is 4. The van der Waals surface area contributed by atoms with Gasteiger partial charge in [-0.25, -0.2) is 0 Å². The number of piperidine rings is 1. The van der Waals surface area contributed by atoms with Crippen molar-refractivity contribution in [1.29, 1.82) is 0 Å². The van der Waals surface area contributed by atoms with Crippen LogP contribution in [0.5, 0.6) is 0 Å². The molecule has 2 atom stereocenters. The minimum Gasteiger partial charge on any atom is -0.389 e. The highest BCUT2D eigenvalue weighted by Crippen LogP contribution is 2.25. The molecule has 2 rings (SSSR count). The van der Waals surface area contributed by atoms with Crippen molar-refractivity contribution in [3.05, 3.63) is 0 Å². The zero-order chi connectivity index (χ0) is 12.8. The molecule has 0 aliphatic carbocycles. The molecule has 2 aliphatic heterocycles. The number of likely N-dealkylation sites (tertiary alicyclic amines) is 1. The number of rotatable bonds is 6. The summed E-state index contributed by atoms with van der Waals surface area (Å²) in [4.78, 5) is 2.38. The Morgan fingerprint density at radius 3 is 2.72 bits per heavy atom. The van der Waals surface area contributed by atoms with Gasteiger partial charge in [0.15, 0.2) is 0 Å². The van der Waals surface area contributed by atoms with Crippen LogP contribution in [0.15, 0.2) is 0 Å². The lowest BCUT2D eigenvalue weighted by Crippen LogP contribution is -2.44. The molecular formula is C14H28N2O2. The van der Waals surface area contributed by atoms with E-state index in [9.17, 15) is 5.11 Å². The third kappa shape index (κ3) is 4.19. The lowest BCUT2D eigenvalue weighted by atomic mass is 9.88. The van der Waals surface area contributed by atoms with Gasteiger partial charge in [-0.15, -0.1) is 0 Å². The van der Waals surface area contributed by atoms with E-state index in [0.29, 0.717) is 13.2 Å². The number of hydrogen-bond donors (Lipinski definition) is 2. The fourth-order valence-electron chi connectivity index (χ4n) is 3.26. The predicted octanol–water partition coefficient (Wildman–Crippen LogP) is 0.848. The van der Waals surface area contributed by atoms with Crippen LogP contribution in [0, 0.1) is 5.92 Å². The van der Waals surface area contributed by atoms with Gasteiger partial charge in [-0.3, -0.25) is 0 Å². The van der Waals surface area contributed by atoms with Gasteiger partial charge in [-0.05, 0) is 58.2 Å². The van der Waals surface area contributed by atoms with E-state index in [4.69, 9.17) is 4.74 Å². The molecule has 2 unspecified atom stereocenters. The van der Waals surface area contributed by atoms with Crippen LogP contribution in [0.4, 0.5) is 0 Å². The Morgan fingerprint density at radius 1 is 1.33 bits per heavy atom. The summed E-state index contributed by atoms with van der Waals surface area (Å²) >= 11 is 0. The summed E-state index contributed by atoms with van der Waals surface area (Å²) in [5, 5.41) is 13.5. The SMILES string of the molecule is CCOCC(O)CN1CCC(C2CCCN2)CC1. The number of aliphatic hydroxyl groups excluding tert-OH is 1. The molecule has 4 heteroatoms. The highest BCUT2D eigenvalue weighted by molar-refractivity contribution is 4.85. The second-order valence-corrected chi connectivity index (χ2v) is 5.65. The van der Waals surface area contributed by atoms with Crippen molar-refractivity contribution in [1.82, 2.24) is 10.2 Å². The number of aliphatic hydroxyl groups is 1. The van der Waals surface area contributed by atoms with E-state index in [-0.39, 0.29) is 6.10 Å². The smallest absolute Gasteiger partial charge is 0.0900 e. The lowest BCUT2D eigenvalue weighted by molar-refractivity contribution is 0.0135. The van der Waals surface area contributed by atoms with Gasteiger partial charge in [0.2, 0.25) is 0 Å². The van der Waals surface area contributed by atoms with Crippen molar-refractivity contribution in [3.63, 3.8) is 0 Å². The van der Waals surface area contributed by atoms with Crippen molar-refractivity contribution in [2.75, 3.05) is 39.4 Å². The van der Waals surface area contributed by atoms with Crippen LogP contribution in [0.2, 0.25) is 0 Å². The van der Waals surface area contributed by atoms with E-state index < -0.39 is 0 Å². The minimum atomic E-state index is -0.328. The zero-order valence-corrected chi connectivity index (χ0v) is 11.6. The monoisotopic (exact) mass is 256 g/mol. The van der Waals surface area contributed by atoms with Crippen LogP contribution in [0.1, 0.15) is 32.6 Å². The number of ether oxygens (including phenoxy) is 1. The van der Waals surface area contributed by atoms with Crippen molar-refractivity contribution in [2.45, 2.75) is 44.8 Å². The van der Waals surface area contributed by atoms with E-state index in [1.54, 1.807) is 0 Å². The third-order valence-corrected chi connectivity index (χ3v) is 4.28. The predicted molar refractivity (Wildman–Crippen MR) is 72.7 cm³/mol. The molecule has 0 radical (unpaired) electrons. The molecule has 2 saturated heterocycles. The first-order valence-corrected chi connectivity index (χ1v) is 7.51. The molecule has 0 aromatic carbocycles. The topological polar surface area (TPSA) is 44.7 Å². The second kappa shape index (κ2) is 7.43. The van der Waals surface area contributed by atoms with E-state index >= 15 is 0 Å². The highest BCUT2D eigenvalue weighted by Gasteiger charge is 2.28. The van der Waals surface area contributed by atoms with Crippen molar-refractivity contribution >= 4 is 0 Å². The van der Waals surface area contributed by atoms with Gasteiger partial charge in [-0.2, -0.15) is 0 Å². The minimum absolute atomic E-state index is 0.328. The van der Waals surface area contributed by atoms with E-state index in [2.05, 4.69) is 10.2 Å². The van der Waals surface area contributed by atoms with Crippen LogP contribution in [-0.4, -0.2) is 61.5 Å². The van der Waals surface area contributed by atoms with Gasteiger partial charge in [0.25, 0.3) is 0 Å². The van der Waals surface area contributed by atoms with Gasteiger partial charge in [0, 0.05) is 19.2 Å². The molecule has 4 nitrogen and oxygen atoms in total. The second-order valence-electron chi connectivity index (χ2n) is 5.65. The standard InChI is InChI=1S/C14H28N2O2/c1-2-18-11-13(17)10-16-8-5-12(6-9-16)14-4-3-7-15-14/h12-15,17H,2-11H2,1H3. The third-order valence-electron chi connectivity index (χ3n) is 4.28. The quantitative estimate of drug-likeness (QED) is 0.739. The Bertz CT molecular complexity index is 224. The van der Waals surface area contributed by atoms with Crippen LogP contribution < -0.4 is 5.32 Å². The zero-order valence-electron chi connectivity index (χ0n) is 11.6. The summed E-state index contributed by atoms with van der Waals surface area (Å²) in [6.07, 6.45) is 4.93. The van der Waals surface area contributed by atoms with Crippen LogP contribution in [-0.2, 0) is 4.74 Å². The van der Waals surface area contributed by atoms with Crippen LogP contribution >= 0.6 is 0 Å². The summed E-state index contributed by atoms with van der Waals surface area (Å²) in [5.41, 5.74) is 0. The average molecular weight is 256 g/mol. The first kappa shape index (κ1) is 14.3. The maximum Gasteiger partial charge on any atom is 0.0900 e. The molecule has 2 N–H and O–H groups in total. The molecule has 0 bridgehead atoms. The van der Waals surface area contributed by atoms with Gasteiger partial charge < -0.3 is 20.1 Å². The maximum absolute atomic E-state index is 9.83. The Hall–Kier alpha value is -0.160. The first-order valence-electron chi connectivity index (χ1n) is 7.51. The van der Waals surface area contributed by atoms with Gasteiger partial charge in [-0.1, -0.05) is 0 Å². The van der Waals surface area contributed by atoms with Crippen molar-refractivity contribution in [2.24, 2.45) is 5.92 Å². The van der Waals surface area contributed by atoms with Crippen LogP contribution in [0.25, 0.3) is 0 Å². The largest absolute Gasteiger partial charge is 0.389 e. The molecule has 106 valence electrons. The van der Waals surface area contributed by atoms with Gasteiger partial charge in [0.1, 0.15) is 0 Å². The summed E-state index contributed by atoms with van der Waals surface area (Å²) in [5.74, 6) is 0.854. The lowest BCUT2D eigenvalue weighted by Gasteiger charge is -2.35. The Balaban J connectivity index is 1.63. The molecule has 18 heavy (non-hydrogen) atoms. The molecule has 2 fully saturated rings. The molecule has 2 heterocycles. The number of nitrogens with one attached hydrogen (secondary N) is 1.